The Bertz CT molecular complexity index is 558. The minimum Gasteiger partial charge on any atom is -0.376 e. The highest BCUT2D eigenvalue weighted by atomic mass is 32.2. The first kappa shape index (κ1) is 19.0. The minimum atomic E-state index is -2.83. The molecular weight excluding hydrogens is 338 g/mol. The molecule has 2 aliphatic heterocycles. The van der Waals surface area contributed by atoms with Crippen LogP contribution in [0.15, 0.2) is 4.99 Å². The van der Waals surface area contributed by atoms with E-state index in [9.17, 15) is 8.42 Å². The van der Waals surface area contributed by atoms with E-state index in [1.165, 1.54) is 25.7 Å². The first-order chi connectivity index (χ1) is 12.0. The van der Waals surface area contributed by atoms with Crippen molar-refractivity contribution >= 4 is 15.8 Å². The number of hydrogen-bond acceptors (Lipinski definition) is 4. The van der Waals surface area contributed by atoms with Gasteiger partial charge in [-0.2, -0.15) is 0 Å². The SMILES string of the molecule is CC1CCCC(NC(=NCC2CCS(=O)(=O)C2)NCC2CCCO2)C1. The third kappa shape index (κ3) is 6.13. The fourth-order valence-corrected chi connectivity index (χ4v) is 6.01. The van der Waals surface area contributed by atoms with E-state index in [-0.39, 0.29) is 17.8 Å². The van der Waals surface area contributed by atoms with E-state index in [1.807, 2.05) is 0 Å². The lowest BCUT2D eigenvalue weighted by Gasteiger charge is -2.29. The van der Waals surface area contributed by atoms with Crippen molar-refractivity contribution < 1.29 is 13.2 Å². The predicted octanol–water partition coefficient (Wildman–Crippen LogP) is 1.71. The molecule has 3 aliphatic rings. The lowest BCUT2D eigenvalue weighted by atomic mass is 9.87. The third-order valence-electron chi connectivity index (χ3n) is 5.63. The van der Waals surface area contributed by atoms with Crippen LogP contribution in [0, 0.1) is 11.8 Å². The summed E-state index contributed by atoms with van der Waals surface area (Å²) in [6.45, 7) is 4.53. The Morgan fingerprint density at radius 3 is 2.76 bits per heavy atom. The van der Waals surface area contributed by atoms with Crippen LogP contribution in [0.25, 0.3) is 0 Å². The van der Waals surface area contributed by atoms with Crippen molar-refractivity contribution in [2.24, 2.45) is 16.8 Å². The highest BCUT2D eigenvalue weighted by molar-refractivity contribution is 7.91. The van der Waals surface area contributed by atoms with Crippen molar-refractivity contribution in [3.63, 3.8) is 0 Å². The predicted molar refractivity (Wildman–Crippen MR) is 101 cm³/mol. The Morgan fingerprint density at radius 1 is 1.20 bits per heavy atom. The summed E-state index contributed by atoms with van der Waals surface area (Å²) in [6, 6.07) is 0.465. The molecular formula is C18H33N3O3S. The summed E-state index contributed by atoms with van der Waals surface area (Å²) in [6.07, 6.45) is 8.18. The zero-order valence-corrected chi connectivity index (χ0v) is 16.2. The van der Waals surface area contributed by atoms with Gasteiger partial charge in [-0.1, -0.05) is 19.8 Å². The molecule has 4 atom stereocenters. The van der Waals surface area contributed by atoms with Crippen molar-refractivity contribution in [1.29, 1.82) is 0 Å². The molecule has 0 radical (unpaired) electrons. The van der Waals surface area contributed by atoms with Crippen molar-refractivity contribution in [2.75, 3.05) is 31.2 Å². The number of sulfone groups is 1. The number of aliphatic imine (C=N–C) groups is 1. The van der Waals surface area contributed by atoms with Crippen molar-refractivity contribution in [1.82, 2.24) is 10.6 Å². The highest BCUT2D eigenvalue weighted by Gasteiger charge is 2.28. The summed E-state index contributed by atoms with van der Waals surface area (Å²) < 4.78 is 29.0. The molecule has 0 bridgehead atoms. The average molecular weight is 372 g/mol. The van der Waals surface area contributed by atoms with Crippen LogP contribution >= 0.6 is 0 Å². The van der Waals surface area contributed by atoms with E-state index in [4.69, 9.17) is 9.73 Å². The Balaban J connectivity index is 1.55. The zero-order chi connectivity index (χ0) is 17.7. The van der Waals surface area contributed by atoms with Crippen molar-refractivity contribution in [3.8, 4) is 0 Å². The molecule has 0 amide bonds. The summed E-state index contributed by atoms with van der Waals surface area (Å²) in [5.74, 6) is 2.36. The molecule has 2 N–H and O–H groups in total. The van der Waals surface area contributed by atoms with Crippen LogP contribution in [0.3, 0.4) is 0 Å². The second-order valence-corrected chi connectivity index (χ2v) is 10.3. The normalized spacial score (nSPS) is 35.6. The number of ether oxygens (including phenoxy) is 1. The van der Waals surface area contributed by atoms with Crippen LogP contribution in [0.4, 0.5) is 0 Å². The summed E-state index contributed by atoms with van der Waals surface area (Å²) in [7, 11) is -2.83. The number of nitrogens with zero attached hydrogens (tertiary/aromatic N) is 1. The van der Waals surface area contributed by atoms with E-state index in [1.54, 1.807) is 0 Å². The maximum Gasteiger partial charge on any atom is 0.191 e. The van der Waals surface area contributed by atoms with Gasteiger partial charge in [-0.3, -0.25) is 4.99 Å². The molecule has 7 heteroatoms. The largest absolute Gasteiger partial charge is 0.376 e. The van der Waals surface area contributed by atoms with E-state index >= 15 is 0 Å². The van der Waals surface area contributed by atoms with Gasteiger partial charge in [0.1, 0.15) is 0 Å². The second kappa shape index (κ2) is 8.71. The van der Waals surface area contributed by atoms with Gasteiger partial charge in [0.2, 0.25) is 0 Å². The van der Waals surface area contributed by atoms with Gasteiger partial charge in [-0.15, -0.1) is 0 Å². The van der Waals surface area contributed by atoms with Crippen LogP contribution in [-0.4, -0.2) is 57.7 Å². The highest BCUT2D eigenvalue weighted by Crippen LogP contribution is 2.23. The summed E-state index contributed by atoms with van der Waals surface area (Å²) >= 11 is 0. The number of guanidine groups is 1. The van der Waals surface area contributed by atoms with E-state index in [2.05, 4.69) is 17.6 Å². The first-order valence-corrected chi connectivity index (χ1v) is 11.7. The van der Waals surface area contributed by atoms with E-state index < -0.39 is 9.84 Å². The van der Waals surface area contributed by atoms with E-state index in [0.717, 1.165) is 44.3 Å². The number of nitrogens with one attached hydrogen (secondary N) is 2. The quantitative estimate of drug-likeness (QED) is 0.568. The van der Waals surface area contributed by atoms with Gasteiger partial charge < -0.3 is 15.4 Å². The maximum atomic E-state index is 11.6. The lowest BCUT2D eigenvalue weighted by molar-refractivity contribution is 0.113. The molecule has 25 heavy (non-hydrogen) atoms. The monoisotopic (exact) mass is 371 g/mol. The standard InChI is InChI=1S/C18H33N3O3S/c1-14-4-2-5-16(10-14)21-18(20-12-17-6-3-8-24-17)19-11-15-7-9-25(22,23)13-15/h14-17H,2-13H2,1H3,(H2,19,20,21). The topological polar surface area (TPSA) is 79.8 Å². The fourth-order valence-electron chi connectivity index (χ4n) is 4.16. The summed E-state index contributed by atoms with van der Waals surface area (Å²) in [4.78, 5) is 4.73. The number of hydrogen-bond donors (Lipinski definition) is 2. The minimum absolute atomic E-state index is 0.164. The Hall–Kier alpha value is -0.820. The zero-order valence-electron chi connectivity index (χ0n) is 15.4. The second-order valence-electron chi connectivity index (χ2n) is 8.09. The molecule has 144 valence electrons. The first-order valence-electron chi connectivity index (χ1n) is 9.87. The molecule has 2 saturated heterocycles. The van der Waals surface area contributed by atoms with Gasteiger partial charge in [0, 0.05) is 25.7 Å². The molecule has 3 fully saturated rings. The molecule has 1 aliphatic carbocycles. The van der Waals surface area contributed by atoms with Gasteiger partial charge in [-0.05, 0) is 43.9 Å². The van der Waals surface area contributed by atoms with Crippen LogP contribution < -0.4 is 10.6 Å². The number of rotatable bonds is 5. The van der Waals surface area contributed by atoms with Crippen LogP contribution in [0.5, 0.6) is 0 Å². The van der Waals surface area contributed by atoms with Crippen LogP contribution in [0.1, 0.15) is 51.9 Å². The van der Waals surface area contributed by atoms with Gasteiger partial charge in [-0.25, -0.2) is 8.42 Å². The molecule has 0 aromatic heterocycles. The molecule has 0 spiro atoms. The molecule has 1 saturated carbocycles. The van der Waals surface area contributed by atoms with Crippen molar-refractivity contribution in [3.05, 3.63) is 0 Å². The van der Waals surface area contributed by atoms with Gasteiger partial charge in [0.25, 0.3) is 0 Å². The van der Waals surface area contributed by atoms with E-state index in [0.29, 0.717) is 18.3 Å². The molecule has 0 aromatic rings. The average Bonchev–Trinajstić information content (AvgIpc) is 3.19. The maximum absolute atomic E-state index is 11.6. The Labute approximate surface area is 152 Å². The lowest BCUT2D eigenvalue weighted by Crippen LogP contribution is -2.47. The molecule has 2 heterocycles. The van der Waals surface area contributed by atoms with Gasteiger partial charge in [0.05, 0.1) is 17.6 Å². The van der Waals surface area contributed by atoms with Gasteiger partial charge in [0.15, 0.2) is 15.8 Å². The fraction of sp³-hybridized carbons (Fsp3) is 0.944. The Morgan fingerprint density at radius 2 is 2.08 bits per heavy atom. The molecule has 0 aromatic carbocycles. The Kier molecular flexibility index (Phi) is 6.61. The van der Waals surface area contributed by atoms with Crippen LogP contribution in [0.2, 0.25) is 0 Å². The van der Waals surface area contributed by atoms with Crippen molar-refractivity contribution in [2.45, 2.75) is 64.0 Å². The van der Waals surface area contributed by atoms with Gasteiger partial charge >= 0.3 is 0 Å². The molecule has 3 rings (SSSR count). The third-order valence-corrected chi connectivity index (χ3v) is 7.47. The summed E-state index contributed by atoms with van der Waals surface area (Å²) in [5, 5.41) is 7.02. The van der Waals surface area contributed by atoms with Crippen LogP contribution in [-0.2, 0) is 14.6 Å². The molecule has 6 nitrogen and oxygen atoms in total. The summed E-state index contributed by atoms with van der Waals surface area (Å²) in [5.41, 5.74) is 0. The smallest absolute Gasteiger partial charge is 0.191 e. The molecule has 4 unspecified atom stereocenters.